The molecule has 0 spiro atoms. The van der Waals surface area contributed by atoms with Crippen molar-refractivity contribution in [2.75, 3.05) is 0 Å². The van der Waals surface area contributed by atoms with Gasteiger partial charge in [-0.2, -0.15) is 0 Å². The molecule has 0 atom stereocenters. The molecule has 0 radical (unpaired) electrons. The molecule has 0 fully saturated rings. The molecule has 1 rings (SSSR count). The van der Waals surface area contributed by atoms with Crippen LogP contribution in [0.2, 0.25) is 0 Å². The van der Waals surface area contributed by atoms with E-state index in [1.807, 2.05) is 53.7 Å². The number of pyridine rings is 1. The van der Waals surface area contributed by atoms with Crippen molar-refractivity contribution < 1.29 is 9.59 Å². The summed E-state index contributed by atoms with van der Waals surface area (Å²) in [6, 6.07) is 3.80. The summed E-state index contributed by atoms with van der Waals surface area (Å²) >= 11 is 0. The number of ketones is 2. The fraction of sp³-hybridized carbons (Fsp3) is 0.611. The Labute approximate surface area is 128 Å². The summed E-state index contributed by atoms with van der Waals surface area (Å²) in [5, 5.41) is 0. The second-order valence-corrected chi connectivity index (χ2v) is 7.73. The molecule has 0 aromatic carbocycles. The normalized spacial score (nSPS) is 12.5. The van der Waals surface area contributed by atoms with Gasteiger partial charge in [-0.05, 0) is 23.6 Å². The summed E-state index contributed by atoms with van der Waals surface area (Å²) in [6.45, 7) is 11.5. The number of Topliss-reactive ketones (excluding diaryl/α,β-unsaturated/α-hetero) is 2. The van der Waals surface area contributed by atoms with E-state index in [4.69, 9.17) is 0 Å². The van der Waals surface area contributed by atoms with Crippen molar-refractivity contribution in [1.82, 2.24) is 4.98 Å². The highest BCUT2D eigenvalue weighted by molar-refractivity contribution is 5.87. The Morgan fingerprint density at radius 3 is 1.62 bits per heavy atom. The van der Waals surface area contributed by atoms with Crippen LogP contribution in [0.1, 0.15) is 65.9 Å². The van der Waals surface area contributed by atoms with Crippen molar-refractivity contribution in [2.24, 2.45) is 10.8 Å². The molecule has 1 heterocycles. The predicted octanol–water partition coefficient (Wildman–Crippen LogP) is 4.18. The van der Waals surface area contributed by atoms with E-state index in [2.05, 4.69) is 4.98 Å². The number of rotatable bonds is 5. The molecule has 0 aliphatic rings. The Hall–Kier alpha value is -1.51. The maximum Gasteiger partial charge on any atom is 0.138 e. The van der Waals surface area contributed by atoms with Crippen molar-refractivity contribution in [3.8, 4) is 0 Å². The monoisotopic (exact) mass is 289 g/mol. The summed E-state index contributed by atoms with van der Waals surface area (Å²) in [4.78, 5) is 28.7. The van der Waals surface area contributed by atoms with Crippen molar-refractivity contribution in [1.29, 1.82) is 0 Å². The van der Waals surface area contributed by atoms with Crippen molar-refractivity contribution in [2.45, 2.75) is 60.3 Å². The molecule has 0 amide bonds. The van der Waals surface area contributed by atoms with Crippen molar-refractivity contribution >= 4 is 11.6 Å². The molecule has 1 aromatic heterocycles. The van der Waals surface area contributed by atoms with Gasteiger partial charge in [-0.25, -0.2) is 0 Å². The minimum absolute atomic E-state index is 0.0635. The van der Waals surface area contributed by atoms with Crippen LogP contribution in [0.4, 0.5) is 0 Å². The van der Waals surface area contributed by atoms with Crippen molar-refractivity contribution in [3.05, 3.63) is 30.1 Å². The van der Waals surface area contributed by atoms with Crippen LogP contribution in [0.15, 0.2) is 24.5 Å². The van der Waals surface area contributed by atoms with Gasteiger partial charge in [-0.1, -0.05) is 41.5 Å². The zero-order chi connectivity index (χ0) is 16.3. The first-order valence-corrected chi connectivity index (χ1v) is 7.48. The quantitative estimate of drug-likeness (QED) is 0.817. The summed E-state index contributed by atoms with van der Waals surface area (Å²) in [7, 11) is 0. The standard InChI is InChI=1S/C18H27NO2/c1-17(2,3)15(20)11-14(12-16(21)18(4,5)6)13-7-9-19-10-8-13/h7-10,14H,11-12H2,1-6H3. The molecule has 0 N–H and O–H groups in total. The maximum atomic E-state index is 12.4. The summed E-state index contributed by atoms with van der Waals surface area (Å²) in [5.74, 6) is 0.309. The Bertz CT molecular complexity index is 464. The second kappa shape index (κ2) is 6.50. The van der Waals surface area contributed by atoms with E-state index in [1.54, 1.807) is 12.4 Å². The molecule has 0 aliphatic carbocycles. The third-order valence-corrected chi connectivity index (χ3v) is 3.71. The van der Waals surface area contributed by atoms with Gasteiger partial charge in [-0.3, -0.25) is 14.6 Å². The first-order chi connectivity index (χ1) is 9.51. The number of hydrogen-bond donors (Lipinski definition) is 0. The van der Waals surface area contributed by atoms with E-state index in [-0.39, 0.29) is 28.3 Å². The van der Waals surface area contributed by atoms with Gasteiger partial charge in [0.15, 0.2) is 0 Å². The largest absolute Gasteiger partial charge is 0.299 e. The van der Waals surface area contributed by atoms with Gasteiger partial charge < -0.3 is 0 Å². The number of aromatic nitrogens is 1. The number of carbonyl (C=O) groups is 2. The minimum atomic E-state index is -0.379. The first kappa shape index (κ1) is 17.5. The molecule has 1 aromatic rings. The molecular weight excluding hydrogens is 262 g/mol. The van der Waals surface area contributed by atoms with Gasteiger partial charge in [0, 0.05) is 36.1 Å². The van der Waals surface area contributed by atoms with Crippen LogP contribution in [0.25, 0.3) is 0 Å². The summed E-state index contributed by atoms with van der Waals surface area (Å²) in [5.41, 5.74) is 0.256. The molecule has 116 valence electrons. The van der Waals surface area contributed by atoms with E-state index < -0.39 is 0 Å². The van der Waals surface area contributed by atoms with Crippen LogP contribution in [0.3, 0.4) is 0 Å². The van der Waals surface area contributed by atoms with E-state index in [9.17, 15) is 9.59 Å². The molecular formula is C18H27NO2. The van der Waals surface area contributed by atoms with Crippen LogP contribution < -0.4 is 0 Å². The number of nitrogens with zero attached hydrogens (tertiary/aromatic N) is 1. The summed E-state index contributed by atoms with van der Waals surface area (Å²) < 4.78 is 0. The van der Waals surface area contributed by atoms with Crippen molar-refractivity contribution in [3.63, 3.8) is 0 Å². The maximum absolute atomic E-state index is 12.4. The Morgan fingerprint density at radius 1 is 0.905 bits per heavy atom. The smallest absolute Gasteiger partial charge is 0.138 e. The van der Waals surface area contributed by atoms with Gasteiger partial charge >= 0.3 is 0 Å². The lowest BCUT2D eigenvalue weighted by atomic mass is 9.78. The molecule has 0 aliphatic heterocycles. The van der Waals surface area contributed by atoms with Gasteiger partial charge in [-0.15, -0.1) is 0 Å². The minimum Gasteiger partial charge on any atom is -0.299 e. The fourth-order valence-electron chi connectivity index (χ4n) is 2.00. The highest BCUT2D eigenvalue weighted by atomic mass is 16.1. The lowest BCUT2D eigenvalue weighted by Crippen LogP contribution is -2.26. The Balaban J connectivity index is 2.97. The van der Waals surface area contributed by atoms with Crippen LogP contribution in [0.5, 0.6) is 0 Å². The lowest BCUT2D eigenvalue weighted by molar-refractivity contribution is -0.128. The topological polar surface area (TPSA) is 47.0 Å². The first-order valence-electron chi connectivity index (χ1n) is 7.48. The zero-order valence-electron chi connectivity index (χ0n) is 14.1. The highest BCUT2D eigenvalue weighted by Gasteiger charge is 2.30. The average Bonchev–Trinajstić information content (AvgIpc) is 2.36. The van der Waals surface area contributed by atoms with Gasteiger partial charge in [0.05, 0.1) is 0 Å². The molecule has 0 unspecified atom stereocenters. The number of carbonyl (C=O) groups excluding carboxylic acids is 2. The fourth-order valence-corrected chi connectivity index (χ4v) is 2.00. The highest BCUT2D eigenvalue weighted by Crippen LogP contribution is 2.31. The van der Waals surface area contributed by atoms with Gasteiger partial charge in [0.2, 0.25) is 0 Å². The summed E-state index contributed by atoms with van der Waals surface area (Å²) in [6.07, 6.45) is 4.22. The van der Waals surface area contributed by atoms with E-state index in [1.165, 1.54) is 0 Å². The Morgan fingerprint density at radius 2 is 1.29 bits per heavy atom. The molecule has 3 nitrogen and oxygen atoms in total. The molecule has 21 heavy (non-hydrogen) atoms. The third-order valence-electron chi connectivity index (χ3n) is 3.71. The SMILES string of the molecule is CC(C)(C)C(=O)CC(CC(=O)C(C)(C)C)c1ccncc1. The predicted molar refractivity (Wildman–Crippen MR) is 85.1 cm³/mol. The van der Waals surface area contributed by atoms with Crippen LogP contribution in [-0.2, 0) is 9.59 Å². The second-order valence-electron chi connectivity index (χ2n) is 7.73. The Kier molecular flexibility index (Phi) is 5.43. The van der Waals surface area contributed by atoms with Crippen LogP contribution in [-0.4, -0.2) is 16.6 Å². The molecule has 0 saturated carbocycles. The van der Waals surface area contributed by atoms with E-state index >= 15 is 0 Å². The lowest BCUT2D eigenvalue weighted by Gasteiger charge is -2.25. The van der Waals surface area contributed by atoms with E-state index in [0.29, 0.717) is 12.8 Å². The van der Waals surface area contributed by atoms with Crippen LogP contribution in [0, 0.1) is 10.8 Å². The van der Waals surface area contributed by atoms with E-state index in [0.717, 1.165) is 5.56 Å². The molecule has 0 bridgehead atoms. The van der Waals surface area contributed by atoms with Gasteiger partial charge in [0.1, 0.15) is 11.6 Å². The molecule has 3 heteroatoms. The average molecular weight is 289 g/mol. The third kappa shape index (κ3) is 5.41. The zero-order valence-corrected chi connectivity index (χ0v) is 14.1. The molecule has 0 saturated heterocycles. The van der Waals surface area contributed by atoms with Crippen LogP contribution >= 0.6 is 0 Å². The number of hydrogen-bond acceptors (Lipinski definition) is 3. The van der Waals surface area contributed by atoms with Gasteiger partial charge in [0.25, 0.3) is 0 Å².